The number of nitrogens with zero attached hydrogens (tertiary/aromatic N) is 5. The van der Waals surface area contributed by atoms with Crippen LogP contribution in [0.1, 0.15) is 11.8 Å². The molecule has 9 nitrogen and oxygen atoms in total. The molecule has 1 N–H and O–H groups in total. The SMILES string of the molecule is COc1ccc(Cl)cc1NC(=O)N1CC(c2nc(-c3cnccn3)no2)C1. The van der Waals surface area contributed by atoms with E-state index in [1.54, 1.807) is 41.7 Å². The summed E-state index contributed by atoms with van der Waals surface area (Å²) in [5.41, 5.74) is 1.05. The van der Waals surface area contributed by atoms with Crippen LogP contribution >= 0.6 is 11.6 Å². The van der Waals surface area contributed by atoms with Crippen LogP contribution in [0, 0.1) is 0 Å². The first-order valence-electron chi connectivity index (χ1n) is 8.13. The summed E-state index contributed by atoms with van der Waals surface area (Å²) in [5.74, 6) is 1.37. The maximum absolute atomic E-state index is 12.4. The van der Waals surface area contributed by atoms with Gasteiger partial charge in [0, 0.05) is 30.5 Å². The Kier molecular flexibility index (Phi) is 4.59. The zero-order chi connectivity index (χ0) is 18.8. The quantitative estimate of drug-likeness (QED) is 0.734. The van der Waals surface area contributed by atoms with E-state index in [4.69, 9.17) is 20.9 Å². The van der Waals surface area contributed by atoms with Crippen LogP contribution in [0.3, 0.4) is 0 Å². The summed E-state index contributed by atoms with van der Waals surface area (Å²) in [5, 5.41) is 7.23. The minimum atomic E-state index is -0.250. The predicted octanol–water partition coefficient (Wildman–Crippen LogP) is 2.82. The Morgan fingerprint density at radius 1 is 1.37 bits per heavy atom. The van der Waals surface area contributed by atoms with Gasteiger partial charge >= 0.3 is 6.03 Å². The standard InChI is InChI=1S/C17H15ClN6O3/c1-26-14-3-2-11(18)6-12(14)21-17(25)24-8-10(9-24)16-22-15(23-27-16)13-7-19-4-5-20-13/h2-7,10H,8-9H2,1H3,(H,21,25). The molecule has 0 bridgehead atoms. The average molecular weight is 387 g/mol. The number of halogens is 1. The van der Waals surface area contributed by atoms with Crippen LogP contribution in [0.4, 0.5) is 10.5 Å². The number of amides is 2. The Morgan fingerprint density at radius 2 is 2.22 bits per heavy atom. The van der Waals surface area contributed by atoms with E-state index >= 15 is 0 Å². The lowest BCUT2D eigenvalue weighted by atomic mass is 10.0. The minimum Gasteiger partial charge on any atom is -0.495 e. The number of likely N-dealkylation sites (tertiary alicyclic amines) is 1. The number of carbonyl (C=O) groups is 1. The summed E-state index contributed by atoms with van der Waals surface area (Å²) in [6, 6.07) is 4.78. The molecule has 0 unspecified atom stereocenters. The van der Waals surface area contributed by atoms with Gasteiger partial charge in [0.1, 0.15) is 11.4 Å². The van der Waals surface area contributed by atoms with E-state index in [1.807, 2.05) is 0 Å². The largest absolute Gasteiger partial charge is 0.495 e. The Bertz CT molecular complexity index is 958. The highest BCUT2D eigenvalue weighted by Crippen LogP contribution is 2.31. The second-order valence-electron chi connectivity index (χ2n) is 5.92. The molecule has 1 fully saturated rings. The smallest absolute Gasteiger partial charge is 0.321 e. The number of aromatic nitrogens is 4. The first-order chi connectivity index (χ1) is 13.1. The fourth-order valence-electron chi connectivity index (χ4n) is 2.69. The van der Waals surface area contributed by atoms with Crippen molar-refractivity contribution in [2.75, 3.05) is 25.5 Å². The Morgan fingerprint density at radius 3 is 2.96 bits per heavy atom. The van der Waals surface area contributed by atoms with Gasteiger partial charge in [-0.25, -0.2) is 9.78 Å². The van der Waals surface area contributed by atoms with E-state index in [0.29, 0.717) is 47.0 Å². The molecule has 10 heteroatoms. The maximum Gasteiger partial charge on any atom is 0.321 e. The molecule has 0 atom stereocenters. The van der Waals surface area contributed by atoms with Crippen molar-refractivity contribution in [1.29, 1.82) is 0 Å². The molecule has 0 radical (unpaired) electrons. The van der Waals surface area contributed by atoms with Crippen LogP contribution in [0.2, 0.25) is 5.02 Å². The molecule has 2 amide bonds. The third-order valence-electron chi connectivity index (χ3n) is 4.16. The van der Waals surface area contributed by atoms with E-state index in [2.05, 4.69) is 25.4 Å². The zero-order valence-electron chi connectivity index (χ0n) is 14.3. The van der Waals surface area contributed by atoms with Crippen molar-refractivity contribution in [3.63, 3.8) is 0 Å². The molecular formula is C17H15ClN6O3. The van der Waals surface area contributed by atoms with Crippen molar-refractivity contribution >= 4 is 23.3 Å². The van der Waals surface area contributed by atoms with E-state index < -0.39 is 0 Å². The Hall–Kier alpha value is -3.20. The zero-order valence-corrected chi connectivity index (χ0v) is 15.1. The van der Waals surface area contributed by atoms with Gasteiger partial charge in [-0.2, -0.15) is 4.98 Å². The summed E-state index contributed by atoms with van der Waals surface area (Å²) in [4.78, 5) is 26.5. The molecule has 0 aliphatic carbocycles. The highest BCUT2D eigenvalue weighted by atomic mass is 35.5. The third kappa shape index (κ3) is 3.54. The van der Waals surface area contributed by atoms with Crippen LogP contribution in [-0.4, -0.2) is 51.2 Å². The van der Waals surface area contributed by atoms with Gasteiger partial charge in [0.2, 0.25) is 11.7 Å². The summed E-state index contributed by atoms with van der Waals surface area (Å²) >= 11 is 5.98. The number of methoxy groups -OCH3 is 1. The Balaban J connectivity index is 1.38. The lowest BCUT2D eigenvalue weighted by molar-refractivity contribution is 0.147. The number of carbonyl (C=O) groups excluding carboxylic acids is 1. The number of benzene rings is 1. The van der Waals surface area contributed by atoms with E-state index in [0.717, 1.165) is 0 Å². The van der Waals surface area contributed by atoms with Crippen molar-refractivity contribution in [3.05, 3.63) is 47.7 Å². The molecule has 1 aromatic carbocycles. The number of ether oxygens (including phenoxy) is 1. The number of urea groups is 1. The first kappa shape index (κ1) is 17.2. The van der Waals surface area contributed by atoms with Gasteiger partial charge in [-0.05, 0) is 18.2 Å². The molecule has 1 aliphatic heterocycles. The molecule has 3 aromatic rings. The van der Waals surface area contributed by atoms with Crippen LogP contribution in [0.5, 0.6) is 5.75 Å². The van der Waals surface area contributed by atoms with Gasteiger partial charge in [0.15, 0.2) is 0 Å². The molecule has 3 heterocycles. The van der Waals surface area contributed by atoms with E-state index in [9.17, 15) is 4.79 Å². The average Bonchev–Trinajstić information content (AvgIpc) is 3.11. The minimum absolute atomic E-state index is 0.0186. The first-order valence-corrected chi connectivity index (χ1v) is 8.51. The van der Waals surface area contributed by atoms with Crippen LogP contribution < -0.4 is 10.1 Å². The highest BCUT2D eigenvalue weighted by molar-refractivity contribution is 6.31. The van der Waals surface area contributed by atoms with Gasteiger partial charge < -0.3 is 19.5 Å². The molecule has 0 saturated carbocycles. The number of anilines is 1. The number of nitrogens with one attached hydrogen (secondary N) is 1. The predicted molar refractivity (Wildman–Crippen MR) is 96.7 cm³/mol. The second-order valence-corrected chi connectivity index (χ2v) is 6.36. The van der Waals surface area contributed by atoms with Crippen LogP contribution in [0.15, 0.2) is 41.3 Å². The highest BCUT2D eigenvalue weighted by Gasteiger charge is 2.36. The maximum atomic E-state index is 12.4. The number of rotatable bonds is 4. The van der Waals surface area contributed by atoms with Crippen LogP contribution in [-0.2, 0) is 0 Å². The fraction of sp³-hybridized carbons (Fsp3) is 0.235. The van der Waals surface area contributed by atoms with Crippen molar-refractivity contribution < 1.29 is 14.1 Å². The van der Waals surface area contributed by atoms with Gasteiger partial charge in [-0.3, -0.25) is 4.98 Å². The number of hydrogen-bond donors (Lipinski definition) is 1. The van der Waals surface area contributed by atoms with Crippen molar-refractivity contribution in [1.82, 2.24) is 25.0 Å². The monoisotopic (exact) mass is 386 g/mol. The molecule has 2 aromatic heterocycles. The van der Waals surface area contributed by atoms with Gasteiger partial charge in [0.05, 0.1) is 24.9 Å². The summed E-state index contributed by atoms with van der Waals surface area (Å²) in [7, 11) is 1.53. The molecule has 27 heavy (non-hydrogen) atoms. The molecule has 1 aliphatic rings. The van der Waals surface area contributed by atoms with Gasteiger partial charge in [-0.15, -0.1) is 0 Å². The molecule has 4 rings (SSSR count). The Labute approximate surface area is 159 Å². The summed E-state index contributed by atoms with van der Waals surface area (Å²) < 4.78 is 10.5. The lowest BCUT2D eigenvalue weighted by Crippen LogP contribution is -2.50. The molecule has 1 saturated heterocycles. The van der Waals surface area contributed by atoms with E-state index in [-0.39, 0.29) is 11.9 Å². The van der Waals surface area contributed by atoms with Gasteiger partial charge in [0.25, 0.3) is 0 Å². The summed E-state index contributed by atoms with van der Waals surface area (Å²) in [6.45, 7) is 0.938. The normalized spacial score (nSPS) is 13.9. The van der Waals surface area contributed by atoms with Gasteiger partial charge in [-0.1, -0.05) is 16.8 Å². The third-order valence-corrected chi connectivity index (χ3v) is 4.39. The van der Waals surface area contributed by atoms with Crippen LogP contribution in [0.25, 0.3) is 11.5 Å². The van der Waals surface area contributed by atoms with E-state index in [1.165, 1.54) is 7.11 Å². The second kappa shape index (κ2) is 7.20. The van der Waals surface area contributed by atoms with Crippen molar-refractivity contribution in [2.45, 2.75) is 5.92 Å². The molecular weight excluding hydrogens is 372 g/mol. The van der Waals surface area contributed by atoms with Crippen molar-refractivity contribution in [2.24, 2.45) is 0 Å². The number of hydrogen-bond acceptors (Lipinski definition) is 7. The molecule has 0 spiro atoms. The fourth-order valence-corrected chi connectivity index (χ4v) is 2.86. The lowest BCUT2D eigenvalue weighted by Gasteiger charge is -2.36. The topological polar surface area (TPSA) is 106 Å². The van der Waals surface area contributed by atoms with Crippen molar-refractivity contribution in [3.8, 4) is 17.3 Å². The summed E-state index contributed by atoms with van der Waals surface area (Å²) in [6.07, 6.45) is 4.69. The molecule has 138 valence electrons.